The first-order valence-corrected chi connectivity index (χ1v) is 6.50. The molecule has 2 rings (SSSR count). The second-order valence-electron chi connectivity index (χ2n) is 4.61. The van der Waals surface area contributed by atoms with Crippen molar-refractivity contribution < 1.29 is 13.9 Å². The van der Waals surface area contributed by atoms with Gasteiger partial charge in [-0.25, -0.2) is 4.39 Å². The summed E-state index contributed by atoms with van der Waals surface area (Å²) in [5.74, 6) is -0.353. The van der Waals surface area contributed by atoms with E-state index in [4.69, 9.17) is 4.74 Å². The molecular weight excluding hydrogens is 247 g/mol. The average Bonchev–Trinajstić information content (AvgIpc) is 2.45. The number of carbonyl (C=O) groups is 1. The van der Waals surface area contributed by atoms with E-state index >= 15 is 0 Å². The number of halogens is 1. The van der Waals surface area contributed by atoms with Gasteiger partial charge in [-0.05, 0) is 18.2 Å². The van der Waals surface area contributed by atoms with Crippen LogP contribution in [0.15, 0.2) is 18.2 Å². The molecule has 1 aromatic rings. The summed E-state index contributed by atoms with van der Waals surface area (Å²) in [4.78, 5) is 14.2. The number of hydrogen-bond acceptors (Lipinski definition) is 4. The molecule has 5 heteroatoms. The fourth-order valence-corrected chi connectivity index (χ4v) is 2.18. The summed E-state index contributed by atoms with van der Waals surface area (Å²) in [5, 5.41) is 3.26. The Bertz CT molecular complexity index is 445. The molecule has 0 amide bonds. The molecular formula is C14H19FN2O2. The summed E-state index contributed by atoms with van der Waals surface area (Å²) >= 11 is 0. The smallest absolute Gasteiger partial charge is 0.165 e. The van der Waals surface area contributed by atoms with Crippen molar-refractivity contribution in [3.63, 3.8) is 0 Å². The largest absolute Gasteiger partial charge is 0.494 e. The Hall–Kier alpha value is -1.46. The summed E-state index contributed by atoms with van der Waals surface area (Å²) < 4.78 is 18.3. The van der Waals surface area contributed by atoms with Crippen molar-refractivity contribution in [1.29, 1.82) is 0 Å². The first kappa shape index (κ1) is 14.0. The quantitative estimate of drug-likeness (QED) is 0.816. The molecule has 19 heavy (non-hydrogen) atoms. The van der Waals surface area contributed by atoms with Gasteiger partial charge in [0.1, 0.15) is 0 Å². The van der Waals surface area contributed by atoms with Crippen molar-refractivity contribution in [2.45, 2.75) is 6.42 Å². The second-order valence-corrected chi connectivity index (χ2v) is 4.61. The lowest BCUT2D eigenvalue weighted by Crippen LogP contribution is -2.44. The minimum absolute atomic E-state index is 0.0277. The number of piperazine rings is 1. The Balaban J connectivity index is 1.90. The van der Waals surface area contributed by atoms with E-state index in [1.54, 1.807) is 6.07 Å². The molecule has 1 aliphatic rings. The molecule has 1 fully saturated rings. The van der Waals surface area contributed by atoms with Gasteiger partial charge in [-0.2, -0.15) is 0 Å². The second kappa shape index (κ2) is 6.63. The predicted molar refractivity (Wildman–Crippen MR) is 71.2 cm³/mol. The van der Waals surface area contributed by atoms with Gasteiger partial charge in [0.15, 0.2) is 17.3 Å². The first-order valence-electron chi connectivity index (χ1n) is 6.50. The minimum Gasteiger partial charge on any atom is -0.494 e. The van der Waals surface area contributed by atoms with Crippen LogP contribution in [0.4, 0.5) is 4.39 Å². The van der Waals surface area contributed by atoms with Gasteiger partial charge in [-0.15, -0.1) is 0 Å². The van der Waals surface area contributed by atoms with Crippen LogP contribution in [0.5, 0.6) is 5.75 Å². The molecule has 0 aromatic heterocycles. The molecule has 1 heterocycles. The highest BCUT2D eigenvalue weighted by atomic mass is 19.1. The van der Waals surface area contributed by atoms with E-state index in [0.717, 1.165) is 32.7 Å². The summed E-state index contributed by atoms with van der Waals surface area (Å²) in [7, 11) is 1.41. The normalized spacial score (nSPS) is 16.3. The molecule has 1 aromatic carbocycles. The van der Waals surface area contributed by atoms with Crippen LogP contribution in [0, 0.1) is 5.82 Å². The van der Waals surface area contributed by atoms with Gasteiger partial charge in [0.25, 0.3) is 0 Å². The van der Waals surface area contributed by atoms with Crippen molar-refractivity contribution in [2.75, 3.05) is 39.8 Å². The molecule has 1 saturated heterocycles. The van der Waals surface area contributed by atoms with E-state index in [0.29, 0.717) is 12.0 Å². The van der Waals surface area contributed by atoms with E-state index in [9.17, 15) is 9.18 Å². The molecule has 0 bridgehead atoms. The number of hydrogen-bond donors (Lipinski definition) is 1. The first-order chi connectivity index (χ1) is 9.20. The topological polar surface area (TPSA) is 41.6 Å². The van der Waals surface area contributed by atoms with Crippen LogP contribution in [-0.2, 0) is 0 Å². The molecule has 0 aliphatic carbocycles. The van der Waals surface area contributed by atoms with Crippen molar-refractivity contribution in [3.05, 3.63) is 29.6 Å². The highest BCUT2D eigenvalue weighted by Gasteiger charge is 2.14. The van der Waals surface area contributed by atoms with E-state index < -0.39 is 5.82 Å². The number of carbonyl (C=O) groups excluding carboxylic acids is 1. The molecule has 104 valence electrons. The van der Waals surface area contributed by atoms with Crippen molar-refractivity contribution in [3.8, 4) is 5.75 Å². The number of ether oxygens (including phenoxy) is 1. The minimum atomic E-state index is -0.490. The fraction of sp³-hybridized carbons (Fsp3) is 0.500. The Morgan fingerprint density at radius 1 is 1.42 bits per heavy atom. The maximum atomic E-state index is 13.5. The molecule has 0 unspecified atom stereocenters. The van der Waals surface area contributed by atoms with Crippen LogP contribution in [-0.4, -0.2) is 50.5 Å². The van der Waals surface area contributed by atoms with Gasteiger partial charge in [0.2, 0.25) is 0 Å². The Morgan fingerprint density at radius 2 is 2.16 bits per heavy atom. The number of nitrogens with zero attached hydrogens (tertiary/aromatic N) is 1. The van der Waals surface area contributed by atoms with Crippen LogP contribution in [0.3, 0.4) is 0 Å². The van der Waals surface area contributed by atoms with Gasteiger partial charge < -0.3 is 15.0 Å². The number of Topliss-reactive ketones (excluding diaryl/α,β-unsaturated/α-hetero) is 1. The Morgan fingerprint density at radius 3 is 2.79 bits per heavy atom. The third-order valence-electron chi connectivity index (χ3n) is 3.34. The van der Waals surface area contributed by atoms with Crippen LogP contribution in [0.25, 0.3) is 0 Å². The Labute approximate surface area is 112 Å². The molecule has 0 radical (unpaired) electrons. The fourth-order valence-electron chi connectivity index (χ4n) is 2.18. The van der Waals surface area contributed by atoms with Gasteiger partial charge in [0, 0.05) is 44.7 Å². The van der Waals surface area contributed by atoms with Gasteiger partial charge in [0.05, 0.1) is 7.11 Å². The zero-order valence-electron chi connectivity index (χ0n) is 11.1. The standard InChI is InChI=1S/C14H19FN2O2/c1-19-14-3-2-11(10-12(14)15)13(18)4-7-17-8-5-16-6-9-17/h2-3,10,16H,4-9H2,1H3. The summed E-state index contributed by atoms with van der Waals surface area (Å²) in [5.41, 5.74) is 0.411. The van der Waals surface area contributed by atoms with E-state index in [1.807, 2.05) is 0 Å². The monoisotopic (exact) mass is 266 g/mol. The lowest BCUT2D eigenvalue weighted by molar-refractivity contribution is 0.0960. The third kappa shape index (κ3) is 3.75. The number of ketones is 1. The lowest BCUT2D eigenvalue weighted by Gasteiger charge is -2.26. The van der Waals surface area contributed by atoms with E-state index in [2.05, 4.69) is 10.2 Å². The van der Waals surface area contributed by atoms with Gasteiger partial charge in [-0.1, -0.05) is 0 Å². The summed E-state index contributed by atoms with van der Waals surface area (Å²) in [6, 6.07) is 4.36. The van der Waals surface area contributed by atoms with Crippen LogP contribution < -0.4 is 10.1 Å². The van der Waals surface area contributed by atoms with Crippen molar-refractivity contribution in [1.82, 2.24) is 10.2 Å². The summed E-state index contributed by atoms with van der Waals surface area (Å²) in [6.07, 6.45) is 0.422. The van der Waals surface area contributed by atoms with E-state index in [1.165, 1.54) is 19.2 Å². The maximum absolute atomic E-state index is 13.5. The molecule has 0 atom stereocenters. The number of rotatable bonds is 5. The zero-order chi connectivity index (χ0) is 13.7. The molecule has 0 spiro atoms. The zero-order valence-corrected chi connectivity index (χ0v) is 11.1. The van der Waals surface area contributed by atoms with Crippen molar-refractivity contribution >= 4 is 5.78 Å². The third-order valence-corrected chi connectivity index (χ3v) is 3.34. The lowest BCUT2D eigenvalue weighted by atomic mass is 10.1. The molecule has 0 saturated carbocycles. The van der Waals surface area contributed by atoms with Gasteiger partial charge >= 0.3 is 0 Å². The SMILES string of the molecule is COc1ccc(C(=O)CCN2CCNCC2)cc1F. The number of nitrogens with one attached hydrogen (secondary N) is 1. The number of benzene rings is 1. The molecule has 1 aliphatic heterocycles. The number of methoxy groups -OCH3 is 1. The van der Waals surface area contributed by atoms with Gasteiger partial charge in [-0.3, -0.25) is 4.79 Å². The van der Waals surface area contributed by atoms with Crippen molar-refractivity contribution in [2.24, 2.45) is 0 Å². The Kier molecular flexibility index (Phi) is 4.87. The molecule has 4 nitrogen and oxygen atoms in total. The summed E-state index contributed by atoms with van der Waals surface area (Å²) in [6.45, 7) is 4.58. The highest BCUT2D eigenvalue weighted by Crippen LogP contribution is 2.18. The highest BCUT2D eigenvalue weighted by molar-refractivity contribution is 5.96. The predicted octanol–water partition coefficient (Wildman–Crippen LogP) is 1.31. The molecule has 1 N–H and O–H groups in total. The van der Waals surface area contributed by atoms with E-state index in [-0.39, 0.29) is 11.5 Å². The van der Waals surface area contributed by atoms with Crippen LogP contribution >= 0.6 is 0 Å². The van der Waals surface area contributed by atoms with Crippen LogP contribution in [0.1, 0.15) is 16.8 Å². The maximum Gasteiger partial charge on any atom is 0.165 e. The average molecular weight is 266 g/mol. The van der Waals surface area contributed by atoms with Crippen LogP contribution in [0.2, 0.25) is 0 Å².